The first-order valence-electron chi connectivity index (χ1n) is 20.1. The van der Waals surface area contributed by atoms with Crippen molar-refractivity contribution in [1.82, 2.24) is 0 Å². The number of benzene rings is 7. The molecule has 2 heteroatoms. The summed E-state index contributed by atoms with van der Waals surface area (Å²) in [5.41, 5.74) is 25.3. The monoisotopic (exact) mass is 718 g/mol. The Labute approximate surface area is 333 Å². The highest BCUT2D eigenvalue weighted by Crippen LogP contribution is 2.59. The maximum atomic E-state index is 2.61. The zero-order valence-corrected chi connectivity index (χ0v) is 32.9. The predicted molar refractivity (Wildman–Crippen MR) is 239 cm³/mol. The zero-order chi connectivity index (χ0) is 38.1. The van der Waals surface area contributed by atoms with Crippen molar-refractivity contribution in [3.63, 3.8) is 0 Å². The molecule has 0 aromatic heterocycles. The van der Waals surface area contributed by atoms with E-state index in [1.807, 2.05) is 0 Å². The highest BCUT2D eigenvalue weighted by atomic mass is 15.2. The van der Waals surface area contributed by atoms with Gasteiger partial charge in [-0.1, -0.05) is 162 Å². The molecule has 10 rings (SSSR count). The Hall–Kier alpha value is -6.12. The molecule has 1 atom stereocenters. The van der Waals surface area contributed by atoms with E-state index in [9.17, 15) is 0 Å². The fourth-order valence-corrected chi connectivity index (χ4v) is 10.0. The molecule has 0 spiro atoms. The number of rotatable bonds is 5. The molecule has 0 N–H and O–H groups in total. The first kappa shape index (κ1) is 34.4. The van der Waals surface area contributed by atoms with Crippen molar-refractivity contribution in [2.75, 3.05) is 4.90 Å². The summed E-state index contributed by atoms with van der Waals surface area (Å²) >= 11 is 0. The Morgan fingerprint density at radius 2 is 1.27 bits per heavy atom. The van der Waals surface area contributed by atoms with Gasteiger partial charge in [0.15, 0.2) is 7.28 Å². The number of allylic oxidation sites excluding steroid dienone is 4. The number of anilines is 3. The van der Waals surface area contributed by atoms with Crippen molar-refractivity contribution in [1.29, 1.82) is 0 Å². The molecule has 1 unspecified atom stereocenters. The van der Waals surface area contributed by atoms with Crippen LogP contribution >= 0.6 is 0 Å². The van der Waals surface area contributed by atoms with Crippen LogP contribution in [-0.2, 0) is 5.41 Å². The summed E-state index contributed by atoms with van der Waals surface area (Å²) < 4.78 is 0. The third-order valence-corrected chi connectivity index (χ3v) is 12.6. The van der Waals surface area contributed by atoms with E-state index in [2.05, 4.69) is 205 Å². The maximum Gasteiger partial charge on any atom is 0.197 e. The fraction of sp³-hybridized carbons (Fsp3) is 0.148. The van der Waals surface area contributed by atoms with Gasteiger partial charge in [-0.25, -0.2) is 0 Å². The number of aryl methyl sites for hydroxylation is 4. The van der Waals surface area contributed by atoms with Crippen LogP contribution in [0, 0.1) is 34.6 Å². The lowest BCUT2D eigenvalue weighted by Gasteiger charge is -2.50. The molecule has 2 aliphatic heterocycles. The molecule has 7 aromatic rings. The van der Waals surface area contributed by atoms with Gasteiger partial charge in [0, 0.05) is 11.4 Å². The molecule has 2 heterocycles. The van der Waals surface area contributed by atoms with E-state index in [1.54, 1.807) is 0 Å². The van der Waals surface area contributed by atoms with Crippen LogP contribution in [0.3, 0.4) is 0 Å². The second kappa shape index (κ2) is 13.3. The van der Waals surface area contributed by atoms with E-state index in [0.717, 1.165) is 12.8 Å². The van der Waals surface area contributed by atoms with Crippen LogP contribution in [0.25, 0.3) is 33.4 Å². The van der Waals surface area contributed by atoms with Crippen LogP contribution < -0.4 is 15.8 Å². The first-order chi connectivity index (χ1) is 27.3. The quantitative estimate of drug-likeness (QED) is 0.160. The fourth-order valence-electron chi connectivity index (χ4n) is 10.0. The Morgan fingerprint density at radius 1 is 0.554 bits per heavy atom. The Bertz CT molecular complexity index is 2790. The first-order valence-corrected chi connectivity index (χ1v) is 20.1. The van der Waals surface area contributed by atoms with Crippen molar-refractivity contribution in [2.45, 2.75) is 52.9 Å². The number of para-hydroxylation sites is 2. The van der Waals surface area contributed by atoms with Gasteiger partial charge in [-0.15, -0.1) is 0 Å². The topological polar surface area (TPSA) is 3.24 Å². The molecule has 0 amide bonds. The van der Waals surface area contributed by atoms with Gasteiger partial charge in [0.25, 0.3) is 0 Å². The highest BCUT2D eigenvalue weighted by Gasteiger charge is 2.49. The van der Waals surface area contributed by atoms with Gasteiger partial charge in [-0.3, -0.25) is 0 Å². The van der Waals surface area contributed by atoms with Crippen molar-refractivity contribution in [3.8, 4) is 33.4 Å². The average molecular weight is 719 g/mol. The molecular weight excluding hydrogens is 673 g/mol. The van der Waals surface area contributed by atoms with E-state index in [4.69, 9.17) is 0 Å². The molecule has 1 nitrogen and oxygen atoms in total. The van der Waals surface area contributed by atoms with E-state index in [0.29, 0.717) is 0 Å². The second-order valence-electron chi connectivity index (χ2n) is 16.1. The van der Waals surface area contributed by atoms with Gasteiger partial charge in [0.05, 0.1) is 11.1 Å². The number of hydrogen-bond acceptors (Lipinski definition) is 1. The summed E-state index contributed by atoms with van der Waals surface area (Å²) in [5, 5.41) is 0. The third kappa shape index (κ3) is 5.16. The van der Waals surface area contributed by atoms with Gasteiger partial charge in [-0.2, -0.15) is 0 Å². The Balaban J connectivity index is 1.30. The molecule has 7 aromatic carbocycles. The summed E-state index contributed by atoms with van der Waals surface area (Å²) in [4.78, 5) is 2.61. The molecule has 56 heavy (non-hydrogen) atoms. The van der Waals surface area contributed by atoms with Gasteiger partial charge >= 0.3 is 0 Å². The lowest BCUT2D eigenvalue weighted by atomic mass is 9.53. The lowest BCUT2D eigenvalue weighted by Crippen LogP contribution is -2.47. The van der Waals surface area contributed by atoms with E-state index in [-0.39, 0.29) is 0 Å². The lowest BCUT2D eigenvalue weighted by molar-refractivity contribution is 0.668. The van der Waals surface area contributed by atoms with Crippen LogP contribution in [0.5, 0.6) is 0 Å². The minimum absolute atomic E-state index is 0.431. The smallest absolute Gasteiger partial charge is 0.197 e. The summed E-state index contributed by atoms with van der Waals surface area (Å²) in [6.07, 6.45) is 9.03. The Kier molecular flexibility index (Phi) is 8.15. The molecule has 1 radical (unpaired) electrons. The predicted octanol–water partition coefficient (Wildman–Crippen LogP) is 12.6. The molecule has 1 aliphatic carbocycles. The SMILES string of the molecule is Cc1ccc(C)c(-c2cc(C)cc(-c3cc(-c4ccccc4C)cc4c3[B]c3cccc5c3N4c3ccccc3C5(C3=CC=CCC3)c3ccccc3)c2C)c1. The van der Waals surface area contributed by atoms with Gasteiger partial charge in [0.1, 0.15) is 0 Å². The van der Waals surface area contributed by atoms with E-state index in [1.165, 1.54) is 111 Å². The molecule has 3 aliphatic rings. The number of fused-ring (bicyclic) bond motifs is 4. The third-order valence-electron chi connectivity index (χ3n) is 12.6. The van der Waals surface area contributed by atoms with Crippen molar-refractivity contribution < 1.29 is 0 Å². The summed E-state index contributed by atoms with van der Waals surface area (Å²) in [6, 6.07) is 52.9. The molecule has 0 saturated heterocycles. The molecule has 0 fully saturated rings. The van der Waals surface area contributed by atoms with Crippen LogP contribution in [0.1, 0.15) is 57.3 Å². The van der Waals surface area contributed by atoms with Crippen LogP contribution in [0.4, 0.5) is 17.1 Å². The minimum atomic E-state index is -0.431. The summed E-state index contributed by atoms with van der Waals surface area (Å²) in [5.74, 6) is 0. The molecule has 269 valence electrons. The van der Waals surface area contributed by atoms with Crippen molar-refractivity contribution in [3.05, 3.63) is 208 Å². The minimum Gasteiger partial charge on any atom is -0.311 e. The van der Waals surface area contributed by atoms with Crippen LogP contribution in [0.15, 0.2) is 163 Å². The standard InChI is InChI=1S/C54H45BN/c1-34-27-28-37(4)43(29-34)44-30-35(2)31-45(38(44)5)46-32-39(42-22-13-12-17-36(42)3)33-51-52(46)55-49-25-16-24-48-53(49)56(51)50-26-15-14-23-47(50)54(48,40-18-8-6-9-19-40)41-20-10-7-11-21-41/h6-10,12-20,22-33H,11,21H2,1-5H3. The van der Waals surface area contributed by atoms with Crippen molar-refractivity contribution in [2.24, 2.45) is 0 Å². The van der Waals surface area contributed by atoms with Gasteiger partial charge in [0.2, 0.25) is 0 Å². The normalized spacial score (nSPS) is 16.4. The number of nitrogens with zero attached hydrogens (tertiary/aromatic N) is 1. The molecule has 0 saturated carbocycles. The largest absolute Gasteiger partial charge is 0.311 e. The summed E-state index contributed by atoms with van der Waals surface area (Å²) in [7, 11) is 2.49. The van der Waals surface area contributed by atoms with E-state index < -0.39 is 5.41 Å². The van der Waals surface area contributed by atoms with Gasteiger partial charge in [-0.05, 0) is 138 Å². The van der Waals surface area contributed by atoms with Gasteiger partial charge < -0.3 is 4.90 Å². The second-order valence-corrected chi connectivity index (χ2v) is 16.1. The Morgan fingerprint density at radius 3 is 2.07 bits per heavy atom. The maximum absolute atomic E-state index is 2.61. The van der Waals surface area contributed by atoms with Crippen LogP contribution in [-0.4, -0.2) is 7.28 Å². The van der Waals surface area contributed by atoms with Crippen LogP contribution in [0.2, 0.25) is 0 Å². The summed E-state index contributed by atoms with van der Waals surface area (Å²) in [6.45, 7) is 11.2. The molecular formula is C54H45BN. The average Bonchev–Trinajstić information content (AvgIpc) is 3.23. The number of hydrogen-bond donors (Lipinski definition) is 0. The molecule has 0 bridgehead atoms. The highest BCUT2D eigenvalue weighted by molar-refractivity contribution is 6.73. The zero-order valence-electron chi connectivity index (χ0n) is 32.9. The van der Waals surface area contributed by atoms with Crippen molar-refractivity contribution >= 4 is 35.3 Å². The van der Waals surface area contributed by atoms with E-state index >= 15 is 0 Å².